The Hall–Kier alpha value is -1.07. The van der Waals surface area contributed by atoms with Gasteiger partial charge in [-0.3, -0.25) is 0 Å². The summed E-state index contributed by atoms with van der Waals surface area (Å²) in [5.41, 5.74) is 6.60. The van der Waals surface area contributed by atoms with Crippen molar-refractivity contribution in [2.75, 3.05) is 17.7 Å². The molecule has 0 saturated carbocycles. The summed E-state index contributed by atoms with van der Waals surface area (Å²) in [4.78, 5) is 0. The summed E-state index contributed by atoms with van der Waals surface area (Å²) in [7, 11) is -3.16. The van der Waals surface area contributed by atoms with Crippen LogP contribution in [-0.2, 0) is 9.84 Å². The normalized spacial score (nSPS) is 13.9. The molecule has 78 valence electrons. The van der Waals surface area contributed by atoms with E-state index in [1.807, 2.05) is 0 Å². The zero-order valence-corrected chi connectivity index (χ0v) is 8.66. The monoisotopic (exact) mass is 215 g/mol. The van der Waals surface area contributed by atoms with E-state index in [-0.39, 0.29) is 5.75 Å². The van der Waals surface area contributed by atoms with Crippen LogP contribution >= 0.6 is 0 Å². The van der Waals surface area contributed by atoms with Crippen molar-refractivity contribution in [3.8, 4) is 0 Å². The van der Waals surface area contributed by atoms with Crippen molar-refractivity contribution in [2.45, 2.75) is 6.10 Å². The molecule has 0 heterocycles. The lowest BCUT2D eigenvalue weighted by molar-refractivity contribution is 0.202. The third kappa shape index (κ3) is 3.35. The van der Waals surface area contributed by atoms with Crippen LogP contribution in [0.1, 0.15) is 11.7 Å². The largest absolute Gasteiger partial charge is 0.399 e. The average molecular weight is 215 g/mol. The molecule has 0 fully saturated rings. The maximum atomic E-state index is 10.9. The second kappa shape index (κ2) is 3.98. The quantitative estimate of drug-likeness (QED) is 0.713. The van der Waals surface area contributed by atoms with Crippen molar-refractivity contribution in [1.29, 1.82) is 0 Å². The molecule has 1 aromatic carbocycles. The fourth-order valence-electron chi connectivity index (χ4n) is 1.10. The van der Waals surface area contributed by atoms with Crippen LogP contribution in [0.5, 0.6) is 0 Å². The number of aliphatic hydroxyl groups excluding tert-OH is 1. The zero-order valence-electron chi connectivity index (χ0n) is 7.84. The van der Waals surface area contributed by atoms with Gasteiger partial charge in [0, 0.05) is 11.9 Å². The van der Waals surface area contributed by atoms with Crippen molar-refractivity contribution < 1.29 is 13.5 Å². The molecule has 5 heteroatoms. The predicted octanol–water partition coefficient (Wildman–Crippen LogP) is 0.347. The van der Waals surface area contributed by atoms with E-state index >= 15 is 0 Å². The molecular formula is C9H13NO3S. The summed E-state index contributed by atoms with van der Waals surface area (Å²) in [6, 6.07) is 6.48. The molecule has 0 radical (unpaired) electrons. The Bertz CT molecular complexity index is 397. The van der Waals surface area contributed by atoms with Crippen molar-refractivity contribution >= 4 is 15.5 Å². The summed E-state index contributed by atoms with van der Waals surface area (Å²) >= 11 is 0. The number of hydrogen-bond donors (Lipinski definition) is 2. The summed E-state index contributed by atoms with van der Waals surface area (Å²) in [5, 5.41) is 9.53. The van der Waals surface area contributed by atoms with Gasteiger partial charge in [0.2, 0.25) is 0 Å². The minimum absolute atomic E-state index is 0.267. The van der Waals surface area contributed by atoms with E-state index in [2.05, 4.69) is 0 Å². The summed E-state index contributed by atoms with van der Waals surface area (Å²) < 4.78 is 21.8. The highest BCUT2D eigenvalue weighted by Crippen LogP contribution is 2.15. The SMILES string of the molecule is CS(=O)(=O)CC(O)c1ccc(N)cc1. The predicted molar refractivity (Wildman–Crippen MR) is 55.5 cm³/mol. The number of benzene rings is 1. The molecule has 0 bridgehead atoms. The van der Waals surface area contributed by atoms with Crippen LogP contribution in [0.4, 0.5) is 5.69 Å². The van der Waals surface area contributed by atoms with Crippen molar-refractivity contribution in [3.63, 3.8) is 0 Å². The Morgan fingerprint density at radius 1 is 1.36 bits per heavy atom. The molecule has 0 aliphatic heterocycles. The molecule has 14 heavy (non-hydrogen) atoms. The number of sulfone groups is 1. The smallest absolute Gasteiger partial charge is 0.150 e. The van der Waals surface area contributed by atoms with E-state index in [0.29, 0.717) is 11.3 Å². The van der Waals surface area contributed by atoms with Gasteiger partial charge in [-0.05, 0) is 17.7 Å². The van der Waals surface area contributed by atoms with E-state index in [1.165, 1.54) is 0 Å². The first kappa shape index (κ1) is 11.0. The first-order chi connectivity index (χ1) is 6.38. The van der Waals surface area contributed by atoms with E-state index in [9.17, 15) is 13.5 Å². The van der Waals surface area contributed by atoms with Crippen LogP contribution in [-0.4, -0.2) is 25.5 Å². The fourth-order valence-corrected chi connectivity index (χ4v) is 1.87. The number of hydrogen-bond acceptors (Lipinski definition) is 4. The van der Waals surface area contributed by atoms with Gasteiger partial charge in [0.1, 0.15) is 9.84 Å². The topological polar surface area (TPSA) is 80.4 Å². The van der Waals surface area contributed by atoms with Crippen LogP contribution < -0.4 is 5.73 Å². The van der Waals surface area contributed by atoms with E-state index < -0.39 is 15.9 Å². The maximum absolute atomic E-state index is 10.9. The van der Waals surface area contributed by atoms with Crippen molar-refractivity contribution in [1.82, 2.24) is 0 Å². The minimum Gasteiger partial charge on any atom is -0.399 e. The summed E-state index contributed by atoms with van der Waals surface area (Å²) in [6.45, 7) is 0. The van der Waals surface area contributed by atoms with E-state index in [4.69, 9.17) is 5.73 Å². The molecule has 1 unspecified atom stereocenters. The van der Waals surface area contributed by atoms with Gasteiger partial charge in [0.05, 0.1) is 11.9 Å². The first-order valence-corrected chi connectivity index (χ1v) is 6.16. The molecule has 1 aromatic rings. The molecule has 0 aliphatic carbocycles. The van der Waals surface area contributed by atoms with E-state index in [1.54, 1.807) is 24.3 Å². The third-order valence-electron chi connectivity index (χ3n) is 1.78. The molecular weight excluding hydrogens is 202 g/mol. The highest BCUT2D eigenvalue weighted by atomic mass is 32.2. The molecule has 1 atom stereocenters. The highest BCUT2D eigenvalue weighted by molar-refractivity contribution is 7.90. The Kier molecular flexibility index (Phi) is 3.13. The zero-order chi connectivity index (χ0) is 10.8. The minimum atomic E-state index is -3.16. The highest BCUT2D eigenvalue weighted by Gasteiger charge is 2.13. The molecule has 0 saturated heterocycles. The Morgan fingerprint density at radius 2 is 1.86 bits per heavy atom. The Labute approximate surface area is 83.3 Å². The van der Waals surface area contributed by atoms with Gasteiger partial charge in [-0.1, -0.05) is 12.1 Å². The summed E-state index contributed by atoms with van der Waals surface area (Å²) in [6.07, 6.45) is 0.110. The van der Waals surface area contributed by atoms with Crippen LogP contribution in [0, 0.1) is 0 Å². The number of anilines is 1. The molecule has 0 spiro atoms. The molecule has 3 N–H and O–H groups in total. The van der Waals surface area contributed by atoms with Crippen LogP contribution in [0.15, 0.2) is 24.3 Å². The van der Waals surface area contributed by atoms with Crippen LogP contribution in [0.2, 0.25) is 0 Å². The number of nitrogens with two attached hydrogens (primary N) is 1. The first-order valence-electron chi connectivity index (χ1n) is 4.10. The third-order valence-corrected chi connectivity index (χ3v) is 2.70. The van der Waals surface area contributed by atoms with Crippen molar-refractivity contribution in [2.24, 2.45) is 0 Å². The summed E-state index contributed by atoms with van der Waals surface area (Å²) in [5.74, 6) is -0.267. The number of rotatable bonds is 3. The van der Waals surface area contributed by atoms with Gasteiger partial charge in [-0.25, -0.2) is 8.42 Å². The lowest BCUT2D eigenvalue weighted by Crippen LogP contribution is -2.12. The second-order valence-electron chi connectivity index (χ2n) is 3.27. The van der Waals surface area contributed by atoms with Gasteiger partial charge in [0.25, 0.3) is 0 Å². The van der Waals surface area contributed by atoms with Crippen LogP contribution in [0.3, 0.4) is 0 Å². The average Bonchev–Trinajstić information content (AvgIpc) is 2.02. The van der Waals surface area contributed by atoms with Gasteiger partial charge in [0.15, 0.2) is 0 Å². The lowest BCUT2D eigenvalue weighted by Gasteiger charge is -2.09. The molecule has 1 rings (SSSR count). The lowest BCUT2D eigenvalue weighted by atomic mass is 10.1. The standard InChI is InChI=1S/C9H13NO3S/c1-14(12,13)6-9(11)7-2-4-8(10)5-3-7/h2-5,9,11H,6,10H2,1H3. The van der Waals surface area contributed by atoms with Gasteiger partial charge >= 0.3 is 0 Å². The second-order valence-corrected chi connectivity index (χ2v) is 5.46. The molecule has 0 aliphatic rings. The maximum Gasteiger partial charge on any atom is 0.150 e. The number of aliphatic hydroxyl groups is 1. The molecule has 0 aromatic heterocycles. The Morgan fingerprint density at radius 3 is 2.29 bits per heavy atom. The van der Waals surface area contributed by atoms with E-state index in [0.717, 1.165) is 6.26 Å². The Balaban J connectivity index is 2.80. The molecule has 0 amide bonds. The molecule has 4 nitrogen and oxygen atoms in total. The van der Waals surface area contributed by atoms with Crippen LogP contribution in [0.25, 0.3) is 0 Å². The number of nitrogen functional groups attached to an aromatic ring is 1. The van der Waals surface area contributed by atoms with Gasteiger partial charge in [-0.15, -0.1) is 0 Å². The van der Waals surface area contributed by atoms with Gasteiger partial charge in [-0.2, -0.15) is 0 Å². The van der Waals surface area contributed by atoms with Crippen molar-refractivity contribution in [3.05, 3.63) is 29.8 Å². The van der Waals surface area contributed by atoms with Gasteiger partial charge < -0.3 is 10.8 Å². The fraction of sp³-hybridized carbons (Fsp3) is 0.333.